The summed E-state index contributed by atoms with van der Waals surface area (Å²) in [5.74, 6) is -2.06. The zero-order chi connectivity index (χ0) is 14.7. The number of hydrogen-bond donors (Lipinski definition) is 0. The lowest BCUT2D eigenvalue weighted by molar-refractivity contribution is 0.0983. The van der Waals surface area contributed by atoms with Gasteiger partial charge in [0.05, 0.1) is 15.6 Å². The van der Waals surface area contributed by atoms with Gasteiger partial charge in [-0.15, -0.1) is 0 Å². The van der Waals surface area contributed by atoms with E-state index >= 15 is 0 Å². The summed E-state index contributed by atoms with van der Waals surface area (Å²) < 4.78 is 25.8. The Labute approximate surface area is 125 Å². The first-order valence-electron chi connectivity index (χ1n) is 5.90. The van der Waals surface area contributed by atoms with Crippen LogP contribution in [-0.2, 0) is 6.42 Å². The molecule has 0 atom stereocenters. The second-order valence-electron chi connectivity index (χ2n) is 4.27. The second kappa shape index (κ2) is 6.33. The largest absolute Gasteiger partial charge is 0.294 e. The molecule has 0 bridgehead atoms. The van der Waals surface area contributed by atoms with Gasteiger partial charge in [-0.3, -0.25) is 4.79 Å². The van der Waals surface area contributed by atoms with Crippen LogP contribution in [0, 0.1) is 11.6 Å². The predicted octanol–water partition coefficient (Wildman–Crippen LogP) is 5.09. The molecule has 0 unspecified atom stereocenters. The third-order valence-electron chi connectivity index (χ3n) is 2.87. The van der Waals surface area contributed by atoms with Crippen LogP contribution >= 0.6 is 23.2 Å². The van der Waals surface area contributed by atoms with Gasteiger partial charge in [0.2, 0.25) is 0 Å². The van der Waals surface area contributed by atoms with Gasteiger partial charge in [-0.05, 0) is 36.2 Å². The standard InChI is InChI=1S/C15H10Cl2F2O/c16-10-2-1-3-11(17)15(10)14(20)7-5-9-4-6-12(18)13(19)8-9/h1-4,6,8H,5,7H2. The van der Waals surface area contributed by atoms with Crippen LogP contribution in [0.2, 0.25) is 10.0 Å². The fourth-order valence-electron chi connectivity index (χ4n) is 1.84. The Bertz CT molecular complexity index is 636. The maximum Gasteiger partial charge on any atom is 0.166 e. The molecule has 0 saturated heterocycles. The molecule has 0 amide bonds. The molecule has 5 heteroatoms. The Morgan fingerprint density at radius 1 is 1.00 bits per heavy atom. The van der Waals surface area contributed by atoms with Crippen molar-refractivity contribution in [2.75, 3.05) is 0 Å². The van der Waals surface area contributed by atoms with Crippen LogP contribution in [0.1, 0.15) is 22.3 Å². The van der Waals surface area contributed by atoms with Gasteiger partial charge in [0.1, 0.15) is 0 Å². The van der Waals surface area contributed by atoms with E-state index < -0.39 is 11.6 Å². The van der Waals surface area contributed by atoms with Crippen LogP contribution < -0.4 is 0 Å². The maximum atomic E-state index is 13.1. The van der Waals surface area contributed by atoms with E-state index in [-0.39, 0.29) is 34.2 Å². The molecule has 20 heavy (non-hydrogen) atoms. The zero-order valence-electron chi connectivity index (χ0n) is 10.3. The van der Waals surface area contributed by atoms with Gasteiger partial charge in [-0.1, -0.05) is 35.3 Å². The van der Waals surface area contributed by atoms with Crippen LogP contribution in [0.15, 0.2) is 36.4 Å². The van der Waals surface area contributed by atoms with E-state index in [0.29, 0.717) is 5.56 Å². The molecule has 2 aromatic carbocycles. The SMILES string of the molecule is O=C(CCc1ccc(F)c(F)c1)c1c(Cl)cccc1Cl. The van der Waals surface area contributed by atoms with Crippen LogP contribution in [0.25, 0.3) is 0 Å². The summed E-state index contributed by atoms with van der Waals surface area (Å²) in [5, 5.41) is 0.570. The quantitative estimate of drug-likeness (QED) is 0.719. The molecule has 0 N–H and O–H groups in total. The molecule has 0 fully saturated rings. The fourth-order valence-corrected chi connectivity index (χ4v) is 2.45. The van der Waals surface area contributed by atoms with Gasteiger partial charge in [0.15, 0.2) is 17.4 Å². The third-order valence-corrected chi connectivity index (χ3v) is 3.50. The predicted molar refractivity (Wildman–Crippen MR) is 75.5 cm³/mol. The number of ketones is 1. The van der Waals surface area contributed by atoms with Crippen molar-refractivity contribution in [3.63, 3.8) is 0 Å². The Morgan fingerprint density at radius 2 is 1.65 bits per heavy atom. The first-order chi connectivity index (χ1) is 9.49. The normalized spacial score (nSPS) is 10.6. The molecule has 2 rings (SSSR count). The minimum Gasteiger partial charge on any atom is -0.294 e. The molecule has 1 nitrogen and oxygen atoms in total. The van der Waals surface area contributed by atoms with Crippen molar-refractivity contribution in [2.45, 2.75) is 12.8 Å². The Morgan fingerprint density at radius 3 is 2.25 bits per heavy atom. The molecule has 0 radical (unpaired) electrons. The maximum absolute atomic E-state index is 13.1. The van der Waals surface area contributed by atoms with E-state index in [9.17, 15) is 13.6 Å². The lowest BCUT2D eigenvalue weighted by Crippen LogP contribution is -2.03. The molecule has 104 valence electrons. The highest BCUT2D eigenvalue weighted by atomic mass is 35.5. The highest BCUT2D eigenvalue weighted by Gasteiger charge is 2.14. The average molecular weight is 315 g/mol. The van der Waals surface area contributed by atoms with Crippen molar-refractivity contribution >= 4 is 29.0 Å². The number of hydrogen-bond acceptors (Lipinski definition) is 1. The third kappa shape index (κ3) is 3.35. The number of rotatable bonds is 4. The zero-order valence-corrected chi connectivity index (χ0v) is 11.8. The molecule has 0 saturated carbocycles. The number of benzene rings is 2. The summed E-state index contributed by atoms with van der Waals surface area (Å²) in [6.45, 7) is 0. The molecule has 0 aliphatic rings. The minimum absolute atomic E-state index is 0.120. The van der Waals surface area contributed by atoms with Gasteiger partial charge in [-0.2, -0.15) is 0 Å². The van der Waals surface area contributed by atoms with Gasteiger partial charge >= 0.3 is 0 Å². The van der Waals surface area contributed by atoms with E-state index in [2.05, 4.69) is 0 Å². The Hall–Kier alpha value is -1.45. The second-order valence-corrected chi connectivity index (χ2v) is 5.08. The van der Waals surface area contributed by atoms with E-state index in [0.717, 1.165) is 12.1 Å². The first kappa shape index (κ1) is 14.9. The van der Waals surface area contributed by atoms with E-state index in [1.165, 1.54) is 6.07 Å². The number of aryl methyl sites for hydroxylation is 1. The van der Waals surface area contributed by atoms with Gasteiger partial charge in [-0.25, -0.2) is 8.78 Å². The van der Waals surface area contributed by atoms with E-state index in [4.69, 9.17) is 23.2 Å². The summed E-state index contributed by atoms with van der Waals surface area (Å²) in [5.41, 5.74) is 0.804. The molecule has 0 heterocycles. The average Bonchev–Trinajstić information content (AvgIpc) is 2.40. The molecular formula is C15H10Cl2F2O. The summed E-state index contributed by atoms with van der Waals surface area (Å²) in [4.78, 5) is 12.1. The number of carbonyl (C=O) groups excluding carboxylic acids is 1. The monoisotopic (exact) mass is 314 g/mol. The van der Waals surface area contributed by atoms with Crippen molar-refractivity contribution in [1.29, 1.82) is 0 Å². The van der Waals surface area contributed by atoms with Crippen LogP contribution in [-0.4, -0.2) is 5.78 Å². The number of halogens is 4. The van der Waals surface area contributed by atoms with Crippen molar-refractivity contribution in [1.82, 2.24) is 0 Å². The van der Waals surface area contributed by atoms with Crippen LogP contribution in [0.4, 0.5) is 8.78 Å². The molecule has 0 spiro atoms. The smallest absolute Gasteiger partial charge is 0.166 e. The molecule has 0 aliphatic carbocycles. The summed E-state index contributed by atoms with van der Waals surface area (Å²) >= 11 is 11.9. The summed E-state index contributed by atoms with van der Waals surface area (Å²) in [6, 6.07) is 8.38. The van der Waals surface area contributed by atoms with Crippen molar-refractivity contribution in [3.05, 3.63) is 69.2 Å². The molecule has 0 aliphatic heterocycles. The highest BCUT2D eigenvalue weighted by Crippen LogP contribution is 2.26. The summed E-state index contributed by atoms with van der Waals surface area (Å²) in [6.07, 6.45) is 0.409. The van der Waals surface area contributed by atoms with Crippen molar-refractivity contribution in [3.8, 4) is 0 Å². The van der Waals surface area contributed by atoms with Gasteiger partial charge in [0, 0.05) is 6.42 Å². The van der Waals surface area contributed by atoms with Crippen molar-refractivity contribution < 1.29 is 13.6 Å². The van der Waals surface area contributed by atoms with E-state index in [1.54, 1.807) is 18.2 Å². The van der Waals surface area contributed by atoms with Crippen LogP contribution in [0.5, 0.6) is 0 Å². The molecule has 2 aromatic rings. The molecule has 0 aromatic heterocycles. The molecular weight excluding hydrogens is 305 g/mol. The van der Waals surface area contributed by atoms with Crippen LogP contribution in [0.3, 0.4) is 0 Å². The Kier molecular flexibility index (Phi) is 4.73. The fraction of sp³-hybridized carbons (Fsp3) is 0.133. The number of Topliss-reactive ketones (excluding diaryl/α,β-unsaturated/α-hetero) is 1. The van der Waals surface area contributed by atoms with E-state index in [1.807, 2.05) is 0 Å². The van der Waals surface area contributed by atoms with Gasteiger partial charge in [0.25, 0.3) is 0 Å². The van der Waals surface area contributed by atoms with Crippen molar-refractivity contribution in [2.24, 2.45) is 0 Å². The lowest BCUT2D eigenvalue weighted by Gasteiger charge is -2.06. The number of carbonyl (C=O) groups is 1. The Balaban J connectivity index is 2.11. The minimum atomic E-state index is -0.925. The first-order valence-corrected chi connectivity index (χ1v) is 6.66. The summed E-state index contributed by atoms with van der Waals surface area (Å²) in [7, 11) is 0. The lowest BCUT2D eigenvalue weighted by atomic mass is 10.0. The van der Waals surface area contributed by atoms with Gasteiger partial charge < -0.3 is 0 Å². The highest BCUT2D eigenvalue weighted by molar-refractivity contribution is 6.39. The topological polar surface area (TPSA) is 17.1 Å².